The fraction of sp³-hybridized carbons (Fsp3) is 0.500. The van der Waals surface area contributed by atoms with Gasteiger partial charge in [-0.15, -0.1) is 0 Å². The van der Waals surface area contributed by atoms with Crippen molar-refractivity contribution in [1.82, 2.24) is 4.98 Å². The summed E-state index contributed by atoms with van der Waals surface area (Å²) in [6.07, 6.45) is 3.71. The molecule has 1 N–H and O–H groups in total. The third-order valence-electron chi connectivity index (χ3n) is 3.91. The maximum Gasteiger partial charge on any atom is 0.311 e. The van der Waals surface area contributed by atoms with Crippen molar-refractivity contribution in [3.05, 3.63) is 23.9 Å². The number of anilines is 1. The van der Waals surface area contributed by atoms with Crippen LogP contribution in [-0.4, -0.2) is 29.1 Å². The highest BCUT2D eigenvalue weighted by molar-refractivity contribution is 5.76. The molecule has 0 radical (unpaired) electrons. The molecule has 2 heterocycles. The van der Waals surface area contributed by atoms with Crippen molar-refractivity contribution < 1.29 is 9.90 Å². The number of aromatic nitrogens is 1. The van der Waals surface area contributed by atoms with E-state index in [0.717, 1.165) is 18.8 Å². The third kappa shape index (κ3) is 2.53. The highest BCUT2D eigenvalue weighted by Gasteiger charge is 2.41. The average Bonchev–Trinajstić information content (AvgIpc) is 2.47. The van der Waals surface area contributed by atoms with Gasteiger partial charge >= 0.3 is 5.97 Å². The van der Waals surface area contributed by atoms with Gasteiger partial charge in [0.25, 0.3) is 0 Å². The van der Waals surface area contributed by atoms with E-state index in [4.69, 9.17) is 5.26 Å². The van der Waals surface area contributed by atoms with Gasteiger partial charge in [0.15, 0.2) is 0 Å². The number of nitrogens with zero attached hydrogens (tertiary/aromatic N) is 3. The highest BCUT2D eigenvalue weighted by atomic mass is 16.4. The van der Waals surface area contributed by atoms with E-state index in [1.165, 1.54) is 6.20 Å². The van der Waals surface area contributed by atoms with Crippen molar-refractivity contribution in [1.29, 1.82) is 5.26 Å². The number of carbonyl (C=O) groups is 1. The Morgan fingerprint density at radius 2 is 2.42 bits per heavy atom. The van der Waals surface area contributed by atoms with Gasteiger partial charge in [-0.1, -0.05) is 6.92 Å². The number of aliphatic carboxylic acids is 1. The van der Waals surface area contributed by atoms with Gasteiger partial charge in [0.1, 0.15) is 11.9 Å². The maximum atomic E-state index is 11.5. The Kier molecular flexibility index (Phi) is 3.70. The molecule has 1 saturated heterocycles. The van der Waals surface area contributed by atoms with E-state index in [9.17, 15) is 9.90 Å². The molecule has 1 aromatic heterocycles. The summed E-state index contributed by atoms with van der Waals surface area (Å²) < 4.78 is 0. The smallest absolute Gasteiger partial charge is 0.311 e. The third-order valence-corrected chi connectivity index (χ3v) is 3.91. The van der Waals surface area contributed by atoms with Gasteiger partial charge in [0.05, 0.1) is 11.0 Å². The highest BCUT2D eigenvalue weighted by Crippen LogP contribution is 2.35. The van der Waals surface area contributed by atoms with Crippen LogP contribution < -0.4 is 4.90 Å². The second-order valence-corrected chi connectivity index (χ2v) is 4.98. The fourth-order valence-corrected chi connectivity index (χ4v) is 2.58. The SMILES string of the molecule is CCC1(C(=O)O)CCCN(c2ccc(C#N)cn2)C1. The molecule has 1 unspecified atom stereocenters. The van der Waals surface area contributed by atoms with Crippen molar-refractivity contribution in [2.24, 2.45) is 5.41 Å². The van der Waals surface area contributed by atoms with E-state index in [2.05, 4.69) is 4.98 Å². The Hall–Kier alpha value is -2.09. The molecule has 1 aromatic rings. The van der Waals surface area contributed by atoms with Crippen LogP contribution in [-0.2, 0) is 4.79 Å². The van der Waals surface area contributed by atoms with Crippen LogP contribution in [0.15, 0.2) is 18.3 Å². The minimum atomic E-state index is -0.728. The normalized spacial score (nSPS) is 22.8. The van der Waals surface area contributed by atoms with E-state index >= 15 is 0 Å². The van der Waals surface area contributed by atoms with Gasteiger partial charge in [-0.05, 0) is 31.4 Å². The minimum absolute atomic E-state index is 0.484. The molecule has 19 heavy (non-hydrogen) atoms. The molecule has 5 nitrogen and oxygen atoms in total. The molecule has 0 aromatic carbocycles. The number of carboxylic acid groups (broad SMARTS) is 1. The Labute approximate surface area is 112 Å². The van der Waals surface area contributed by atoms with Crippen molar-refractivity contribution in [3.63, 3.8) is 0 Å². The van der Waals surface area contributed by atoms with Gasteiger partial charge in [0.2, 0.25) is 0 Å². The Balaban J connectivity index is 2.21. The number of piperidine rings is 1. The topological polar surface area (TPSA) is 77.2 Å². The number of nitriles is 1. The lowest BCUT2D eigenvalue weighted by molar-refractivity contribution is -0.149. The standard InChI is InChI=1S/C14H17N3O2/c1-2-14(13(18)19)6-3-7-17(10-14)12-5-4-11(8-15)9-16-12/h4-5,9H,2-3,6-7,10H2,1H3,(H,18,19). The van der Waals surface area contributed by atoms with Crippen LogP contribution in [0.1, 0.15) is 31.7 Å². The maximum absolute atomic E-state index is 11.5. The zero-order valence-electron chi connectivity index (χ0n) is 11.0. The second kappa shape index (κ2) is 5.27. The van der Waals surface area contributed by atoms with Gasteiger partial charge in [-0.25, -0.2) is 4.98 Å². The molecule has 1 atom stereocenters. The number of hydrogen-bond donors (Lipinski definition) is 1. The van der Waals surface area contributed by atoms with E-state index in [-0.39, 0.29) is 0 Å². The van der Waals surface area contributed by atoms with Crippen LogP contribution in [0.3, 0.4) is 0 Å². The zero-order valence-corrected chi connectivity index (χ0v) is 11.0. The monoisotopic (exact) mass is 259 g/mol. The van der Waals surface area contributed by atoms with Gasteiger partial charge < -0.3 is 10.0 Å². The molecular formula is C14H17N3O2. The fourth-order valence-electron chi connectivity index (χ4n) is 2.58. The van der Waals surface area contributed by atoms with E-state index < -0.39 is 11.4 Å². The number of pyridine rings is 1. The largest absolute Gasteiger partial charge is 0.481 e. The molecule has 0 spiro atoms. The molecule has 0 aliphatic carbocycles. The quantitative estimate of drug-likeness (QED) is 0.898. The second-order valence-electron chi connectivity index (χ2n) is 4.98. The summed E-state index contributed by atoms with van der Waals surface area (Å²) in [5.41, 5.74) is -0.158. The van der Waals surface area contributed by atoms with E-state index in [1.54, 1.807) is 12.1 Å². The van der Waals surface area contributed by atoms with Crippen LogP contribution in [0.5, 0.6) is 0 Å². The predicted molar refractivity (Wildman–Crippen MR) is 70.8 cm³/mol. The number of hydrogen-bond acceptors (Lipinski definition) is 4. The summed E-state index contributed by atoms with van der Waals surface area (Å²) in [7, 11) is 0. The number of carboxylic acids is 1. The molecule has 1 aliphatic heterocycles. The minimum Gasteiger partial charge on any atom is -0.481 e. The first-order chi connectivity index (χ1) is 9.11. The van der Waals surface area contributed by atoms with E-state index in [1.807, 2.05) is 17.9 Å². The molecule has 1 aliphatic rings. The molecule has 0 bridgehead atoms. The lowest BCUT2D eigenvalue weighted by atomic mass is 9.77. The predicted octanol–water partition coefficient (Wildman–Crippen LogP) is 2.03. The van der Waals surface area contributed by atoms with Gasteiger partial charge in [0, 0.05) is 19.3 Å². The summed E-state index contributed by atoms with van der Waals surface area (Å²) in [6, 6.07) is 5.53. The Morgan fingerprint density at radius 3 is 2.95 bits per heavy atom. The Bertz CT molecular complexity index is 506. The summed E-state index contributed by atoms with van der Waals surface area (Å²) >= 11 is 0. The first-order valence-corrected chi connectivity index (χ1v) is 6.46. The zero-order chi connectivity index (χ0) is 13.9. The summed E-state index contributed by atoms with van der Waals surface area (Å²) in [4.78, 5) is 17.7. The molecule has 0 saturated carbocycles. The molecule has 5 heteroatoms. The molecule has 0 amide bonds. The first kappa shape index (κ1) is 13.3. The lowest BCUT2D eigenvalue weighted by Crippen LogP contribution is -2.47. The van der Waals surface area contributed by atoms with Gasteiger partial charge in [-0.2, -0.15) is 5.26 Å². The van der Waals surface area contributed by atoms with Crippen LogP contribution in [0, 0.1) is 16.7 Å². The van der Waals surface area contributed by atoms with Crippen LogP contribution in [0.2, 0.25) is 0 Å². The molecule has 1 fully saturated rings. The van der Waals surface area contributed by atoms with Crippen molar-refractivity contribution >= 4 is 11.8 Å². The first-order valence-electron chi connectivity index (χ1n) is 6.46. The Morgan fingerprint density at radius 1 is 1.63 bits per heavy atom. The number of rotatable bonds is 3. The summed E-state index contributed by atoms with van der Waals surface area (Å²) in [5.74, 6) is 0.0196. The summed E-state index contributed by atoms with van der Waals surface area (Å²) in [6.45, 7) is 3.22. The van der Waals surface area contributed by atoms with Crippen molar-refractivity contribution in [2.75, 3.05) is 18.0 Å². The molecule has 100 valence electrons. The van der Waals surface area contributed by atoms with Crippen molar-refractivity contribution in [3.8, 4) is 6.07 Å². The van der Waals surface area contributed by atoms with E-state index in [0.29, 0.717) is 24.9 Å². The van der Waals surface area contributed by atoms with Crippen LogP contribution in [0.25, 0.3) is 0 Å². The van der Waals surface area contributed by atoms with Gasteiger partial charge in [-0.3, -0.25) is 4.79 Å². The summed E-state index contributed by atoms with van der Waals surface area (Å²) in [5, 5.41) is 18.2. The molecule has 2 rings (SSSR count). The molecular weight excluding hydrogens is 242 g/mol. The lowest BCUT2D eigenvalue weighted by Gasteiger charge is -2.40. The van der Waals surface area contributed by atoms with Crippen molar-refractivity contribution in [2.45, 2.75) is 26.2 Å². The van der Waals surface area contributed by atoms with Crippen LogP contribution in [0.4, 0.5) is 5.82 Å². The van der Waals surface area contributed by atoms with Crippen LogP contribution >= 0.6 is 0 Å². The average molecular weight is 259 g/mol.